The first-order chi connectivity index (χ1) is 8.72. The van der Waals surface area contributed by atoms with Crippen LogP contribution >= 0.6 is 0 Å². The van der Waals surface area contributed by atoms with Crippen molar-refractivity contribution in [3.63, 3.8) is 0 Å². The third-order valence-corrected chi connectivity index (χ3v) is 2.56. The van der Waals surface area contributed by atoms with E-state index in [1.54, 1.807) is 6.92 Å². The van der Waals surface area contributed by atoms with Gasteiger partial charge in [0.1, 0.15) is 0 Å². The fourth-order valence-corrected chi connectivity index (χ4v) is 1.57. The van der Waals surface area contributed by atoms with Crippen LogP contribution in [0.4, 0.5) is 0 Å². The van der Waals surface area contributed by atoms with E-state index in [4.69, 9.17) is 9.15 Å². The Bertz CT molecular complexity index is 522. The Morgan fingerprint density at radius 1 is 1.33 bits per heavy atom. The summed E-state index contributed by atoms with van der Waals surface area (Å²) in [7, 11) is 0. The van der Waals surface area contributed by atoms with E-state index in [0.29, 0.717) is 5.89 Å². The van der Waals surface area contributed by atoms with Crippen molar-refractivity contribution in [2.24, 2.45) is 0 Å². The summed E-state index contributed by atoms with van der Waals surface area (Å²) >= 11 is 0. The van der Waals surface area contributed by atoms with Crippen LogP contribution in [0, 0.1) is 0 Å². The molecule has 0 radical (unpaired) electrons. The van der Waals surface area contributed by atoms with Gasteiger partial charge >= 0.3 is 11.9 Å². The number of nitrogens with zero attached hydrogens (tertiary/aromatic N) is 2. The number of hydrogen-bond donors (Lipinski definition) is 0. The summed E-state index contributed by atoms with van der Waals surface area (Å²) in [5, 5.41) is 7.57. The maximum absolute atomic E-state index is 11.4. The van der Waals surface area contributed by atoms with Crippen LogP contribution in [0.3, 0.4) is 0 Å². The molecule has 0 spiro atoms. The highest BCUT2D eigenvalue weighted by atomic mass is 16.5. The molecule has 1 atom stereocenters. The van der Waals surface area contributed by atoms with Gasteiger partial charge in [-0.3, -0.25) is 0 Å². The zero-order valence-corrected chi connectivity index (χ0v) is 10.3. The molecule has 1 aromatic carbocycles. The Balaban J connectivity index is 2.17. The molecule has 2 rings (SSSR count). The van der Waals surface area contributed by atoms with Crippen molar-refractivity contribution < 1.29 is 13.9 Å². The van der Waals surface area contributed by atoms with Gasteiger partial charge in [-0.1, -0.05) is 30.3 Å². The van der Waals surface area contributed by atoms with Gasteiger partial charge in [-0.05, 0) is 19.4 Å². The van der Waals surface area contributed by atoms with Gasteiger partial charge in [-0.2, -0.15) is 0 Å². The van der Waals surface area contributed by atoms with E-state index in [1.165, 1.54) is 0 Å². The van der Waals surface area contributed by atoms with Crippen LogP contribution in [0.25, 0.3) is 0 Å². The SMILES string of the molecule is CCOC(=O)c1nnc(C(C)c2ccccc2)o1. The maximum Gasteiger partial charge on any atom is 0.396 e. The fraction of sp³-hybridized carbons (Fsp3) is 0.308. The topological polar surface area (TPSA) is 65.2 Å². The lowest BCUT2D eigenvalue weighted by atomic mass is 10.0. The Morgan fingerprint density at radius 3 is 2.72 bits per heavy atom. The Kier molecular flexibility index (Phi) is 3.72. The van der Waals surface area contributed by atoms with Crippen molar-refractivity contribution in [2.45, 2.75) is 19.8 Å². The molecule has 1 unspecified atom stereocenters. The quantitative estimate of drug-likeness (QED) is 0.775. The van der Waals surface area contributed by atoms with Crippen molar-refractivity contribution in [2.75, 3.05) is 6.61 Å². The average molecular weight is 246 g/mol. The molecule has 0 amide bonds. The minimum atomic E-state index is -0.587. The minimum absolute atomic E-state index is 0.0538. The van der Waals surface area contributed by atoms with Gasteiger partial charge in [-0.25, -0.2) is 4.79 Å². The number of ether oxygens (including phenoxy) is 1. The molecule has 2 aromatic rings. The molecule has 5 nitrogen and oxygen atoms in total. The van der Waals surface area contributed by atoms with E-state index in [-0.39, 0.29) is 18.4 Å². The number of rotatable bonds is 4. The molecule has 1 heterocycles. The molecular formula is C13H14N2O3. The van der Waals surface area contributed by atoms with E-state index in [9.17, 15) is 4.79 Å². The first kappa shape index (κ1) is 12.3. The van der Waals surface area contributed by atoms with Crippen LogP contribution in [0.1, 0.15) is 41.9 Å². The summed E-state index contributed by atoms with van der Waals surface area (Å²) in [4.78, 5) is 11.4. The highest BCUT2D eigenvalue weighted by molar-refractivity contribution is 5.83. The van der Waals surface area contributed by atoms with Gasteiger partial charge < -0.3 is 9.15 Å². The second-order valence-corrected chi connectivity index (χ2v) is 3.80. The molecule has 18 heavy (non-hydrogen) atoms. The molecule has 0 bridgehead atoms. The van der Waals surface area contributed by atoms with Gasteiger partial charge in [0.25, 0.3) is 0 Å². The second-order valence-electron chi connectivity index (χ2n) is 3.80. The fourth-order valence-electron chi connectivity index (χ4n) is 1.57. The summed E-state index contributed by atoms with van der Waals surface area (Å²) in [6.45, 7) is 3.95. The molecule has 0 aliphatic heterocycles. The smallest absolute Gasteiger partial charge is 0.396 e. The number of carbonyl (C=O) groups excluding carboxylic acids is 1. The van der Waals surface area contributed by atoms with Crippen molar-refractivity contribution in [3.8, 4) is 0 Å². The summed E-state index contributed by atoms with van der Waals surface area (Å²) < 4.78 is 10.1. The molecule has 5 heteroatoms. The molecule has 0 aliphatic carbocycles. The van der Waals surface area contributed by atoms with Crippen LogP contribution in [0.5, 0.6) is 0 Å². The average Bonchev–Trinajstić information content (AvgIpc) is 2.89. The van der Waals surface area contributed by atoms with E-state index >= 15 is 0 Å². The number of aromatic nitrogens is 2. The number of esters is 1. The molecular weight excluding hydrogens is 232 g/mol. The van der Waals surface area contributed by atoms with Crippen LogP contribution in [-0.2, 0) is 4.74 Å². The van der Waals surface area contributed by atoms with E-state index in [1.807, 2.05) is 37.3 Å². The summed E-state index contributed by atoms with van der Waals surface area (Å²) in [5.74, 6) is -0.336. The molecule has 0 saturated heterocycles. The van der Waals surface area contributed by atoms with Gasteiger partial charge in [0.05, 0.1) is 12.5 Å². The van der Waals surface area contributed by atoms with Crippen LogP contribution in [0.15, 0.2) is 34.7 Å². The summed E-state index contributed by atoms with van der Waals surface area (Å²) in [6.07, 6.45) is 0. The van der Waals surface area contributed by atoms with Crippen molar-refractivity contribution in [1.82, 2.24) is 10.2 Å². The normalized spacial score (nSPS) is 12.1. The third kappa shape index (κ3) is 2.56. The first-order valence-electron chi connectivity index (χ1n) is 5.77. The first-order valence-corrected chi connectivity index (χ1v) is 5.77. The zero-order chi connectivity index (χ0) is 13.0. The molecule has 0 saturated carbocycles. The lowest BCUT2D eigenvalue weighted by Crippen LogP contribution is -2.04. The van der Waals surface area contributed by atoms with Crippen molar-refractivity contribution in [1.29, 1.82) is 0 Å². The standard InChI is InChI=1S/C13H14N2O3/c1-3-17-13(16)12-15-14-11(18-12)9(2)10-7-5-4-6-8-10/h4-9H,3H2,1-2H3. The highest BCUT2D eigenvalue weighted by Crippen LogP contribution is 2.22. The van der Waals surface area contributed by atoms with Crippen LogP contribution < -0.4 is 0 Å². The summed E-state index contributed by atoms with van der Waals surface area (Å²) in [5.41, 5.74) is 1.05. The molecule has 1 aromatic heterocycles. The predicted octanol–water partition coefficient (Wildman–Crippen LogP) is 2.40. The van der Waals surface area contributed by atoms with Gasteiger partial charge in [-0.15, -0.1) is 10.2 Å². The number of benzene rings is 1. The lowest BCUT2D eigenvalue weighted by molar-refractivity contribution is 0.0478. The largest absolute Gasteiger partial charge is 0.459 e. The molecule has 0 aliphatic rings. The second kappa shape index (κ2) is 5.44. The number of hydrogen-bond acceptors (Lipinski definition) is 5. The predicted molar refractivity (Wildman–Crippen MR) is 64.2 cm³/mol. The Morgan fingerprint density at radius 2 is 2.06 bits per heavy atom. The van der Waals surface area contributed by atoms with Crippen molar-refractivity contribution >= 4 is 5.97 Å². The molecule has 0 N–H and O–H groups in total. The molecule has 94 valence electrons. The monoisotopic (exact) mass is 246 g/mol. The lowest BCUT2D eigenvalue weighted by Gasteiger charge is -2.05. The Hall–Kier alpha value is -2.17. The summed E-state index contributed by atoms with van der Waals surface area (Å²) in [6, 6.07) is 9.76. The third-order valence-electron chi connectivity index (χ3n) is 2.56. The zero-order valence-electron chi connectivity index (χ0n) is 10.3. The van der Waals surface area contributed by atoms with Crippen LogP contribution in [-0.4, -0.2) is 22.8 Å². The van der Waals surface area contributed by atoms with Gasteiger partial charge in [0.2, 0.25) is 5.89 Å². The molecule has 0 fully saturated rings. The minimum Gasteiger partial charge on any atom is -0.459 e. The van der Waals surface area contributed by atoms with Gasteiger partial charge in [0.15, 0.2) is 0 Å². The number of carbonyl (C=O) groups is 1. The highest BCUT2D eigenvalue weighted by Gasteiger charge is 2.20. The van der Waals surface area contributed by atoms with Gasteiger partial charge in [0, 0.05) is 0 Å². The Labute approximate surface area is 105 Å². The van der Waals surface area contributed by atoms with Crippen molar-refractivity contribution in [3.05, 3.63) is 47.7 Å². The van der Waals surface area contributed by atoms with Crippen LogP contribution in [0.2, 0.25) is 0 Å². The van der Waals surface area contributed by atoms with E-state index in [2.05, 4.69) is 10.2 Å². The van der Waals surface area contributed by atoms with E-state index < -0.39 is 5.97 Å². The van der Waals surface area contributed by atoms with E-state index in [0.717, 1.165) is 5.56 Å². The maximum atomic E-state index is 11.4.